The third-order valence-electron chi connectivity index (χ3n) is 6.06. The van der Waals surface area contributed by atoms with Crippen LogP contribution in [-0.4, -0.2) is 61.5 Å². The molecule has 0 bridgehead atoms. The molecule has 0 fully saturated rings. The van der Waals surface area contributed by atoms with Crippen molar-refractivity contribution in [2.75, 3.05) is 60.4 Å². The molecule has 3 aromatic rings. The van der Waals surface area contributed by atoms with E-state index in [9.17, 15) is 9.59 Å². The second-order valence-electron chi connectivity index (χ2n) is 8.43. The maximum atomic E-state index is 13.0. The molecule has 2 N–H and O–H groups in total. The van der Waals surface area contributed by atoms with Crippen LogP contribution >= 0.6 is 0 Å². The van der Waals surface area contributed by atoms with Crippen LogP contribution in [0.3, 0.4) is 0 Å². The minimum Gasteiger partial charge on any atom is -0.496 e. The molecule has 0 radical (unpaired) electrons. The van der Waals surface area contributed by atoms with Crippen LogP contribution in [0.5, 0.6) is 40.2 Å². The van der Waals surface area contributed by atoms with Crippen molar-refractivity contribution in [1.29, 1.82) is 0 Å². The molecule has 0 aliphatic heterocycles. The number of carbonyl (C=O) groups excluding carboxylic acids is 2. The summed E-state index contributed by atoms with van der Waals surface area (Å²) in [6.45, 7) is 0. The van der Waals surface area contributed by atoms with E-state index in [-0.39, 0.29) is 11.3 Å². The SMILES string of the molecule is COc1cc(OC)c(C=CC(=O)Nc2ccc(OC)c(NC=CC(=O)c3c(OC)cc(OC)cc3OC)c2)c(OC)c1. The van der Waals surface area contributed by atoms with E-state index in [1.54, 1.807) is 48.5 Å². The number of ether oxygens (including phenoxy) is 7. The molecule has 11 nitrogen and oxygen atoms in total. The Bertz CT molecular complexity index is 1430. The highest BCUT2D eigenvalue weighted by Gasteiger charge is 2.19. The Morgan fingerprint density at radius 3 is 1.64 bits per heavy atom. The van der Waals surface area contributed by atoms with Gasteiger partial charge < -0.3 is 43.8 Å². The van der Waals surface area contributed by atoms with E-state index >= 15 is 0 Å². The van der Waals surface area contributed by atoms with Crippen LogP contribution in [-0.2, 0) is 4.79 Å². The molecule has 0 saturated carbocycles. The molecule has 3 aromatic carbocycles. The zero-order chi connectivity index (χ0) is 30.6. The summed E-state index contributed by atoms with van der Waals surface area (Å²) in [5.41, 5.74) is 1.81. The summed E-state index contributed by atoms with van der Waals surface area (Å²) in [7, 11) is 10.5. The van der Waals surface area contributed by atoms with Crippen LogP contribution in [0, 0.1) is 0 Å². The minimum absolute atomic E-state index is 0.240. The summed E-state index contributed by atoms with van der Waals surface area (Å²) in [5, 5.41) is 5.83. The van der Waals surface area contributed by atoms with Crippen LogP contribution in [0.15, 0.2) is 60.8 Å². The van der Waals surface area contributed by atoms with E-state index in [0.717, 1.165) is 0 Å². The number of carbonyl (C=O) groups is 2. The summed E-state index contributed by atoms with van der Waals surface area (Å²) in [6.07, 6.45) is 5.73. The molecule has 0 aliphatic rings. The van der Waals surface area contributed by atoms with Crippen LogP contribution in [0.25, 0.3) is 6.08 Å². The second-order valence-corrected chi connectivity index (χ2v) is 8.43. The van der Waals surface area contributed by atoms with Gasteiger partial charge in [0.2, 0.25) is 5.91 Å². The molecular formula is C31H34N2O9. The van der Waals surface area contributed by atoms with Crippen molar-refractivity contribution in [3.05, 3.63) is 71.9 Å². The first kappa shape index (κ1) is 31.2. The van der Waals surface area contributed by atoms with Crippen molar-refractivity contribution < 1.29 is 42.7 Å². The van der Waals surface area contributed by atoms with E-state index in [1.807, 2.05) is 0 Å². The van der Waals surface area contributed by atoms with E-state index in [0.29, 0.717) is 57.2 Å². The smallest absolute Gasteiger partial charge is 0.248 e. The quantitative estimate of drug-likeness (QED) is 0.195. The fourth-order valence-corrected chi connectivity index (χ4v) is 3.98. The van der Waals surface area contributed by atoms with Gasteiger partial charge in [-0.3, -0.25) is 9.59 Å². The predicted octanol–water partition coefficient (Wildman–Crippen LogP) is 5.21. The van der Waals surface area contributed by atoms with Crippen LogP contribution in [0.4, 0.5) is 11.4 Å². The Kier molecular flexibility index (Phi) is 11.1. The monoisotopic (exact) mass is 578 g/mol. The maximum Gasteiger partial charge on any atom is 0.248 e. The zero-order valence-corrected chi connectivity index (χ0v) is 24.5. The molecule has 0 unspecified atom stereocenters. The van der Waals surface area contributed by atoms with Gasteiger partial charge >= 0.3 is 0 Å². The van der Waals surface area contributed by atoms with E-state index in [1.165, 1.54) is 68.1 Å². The summed E-state index contributed by atoms with van der Waals surface area (Å²) in [4.78, 5) is 25.8. The Morgan fingerprint density at radius 1 is 0.619 bits per heavy atom. The molecule has 0 spiro atoms. The highest BCUT2D eigenvalue weighted by atomic mass is 16.5. The number of hydrogen-bond acceptors (Lipinski definition) is 10. The molecule has 3 rings (SSSR count). The van der Waals surface area contributed by atoms with Gasteiger partial charge in [-0.05, 0) is 24.3 Å². The number of nitrogens with one attached hydrogen (secondary N) is 2. The first-order valence-corrected chi connectivity index (χ1v) is 12.6. The Morgan fingerprint density at radius 2 is 1.14 bits per heavy atom. The first-order chi connectivity index (χ1) is 20.3. The Hall–Kier alpha value is -5.32. The van der Waals surface area contributed by atoms with Crippen molar-refractivity contribution >= 4 is 29.1 Å². The summed E-state index contributed by atoms with van der Waals surface area (Å²) in [6, 6.07) is 11.6. The number of methoxy groups -OCH3 is 7. The van der Waals surface area contributed by atoms with Crippen molar-refractivity contribution in [2.24, 2.45) is 0 Å². The molecule has 11 heteroatoms. The number of benzene rings is 3. The third-order valence-corrected chi connectivity index (χ3v) is 6.06. The standard InChI is InChI=1S/C31H34N2O9/c1-36-20-15-26(39-4)22(27(16-20)40-5)9-11-30(35)33-19-8-10-25(38-3)23(14-19)32-13-12-24(34)31-28(41-6)17-21(37-2)18-29(31)42-7/h8-18,32H,1-7H3,(H,33,35). The molecule has 0 saturated heterocycles. The summed E-state index contributed by atoms with van der Waals surface area (Å²) in [5.74, 6) is 2.36. The van der Waals surface area contributed by atoms with Crippen LogP contribution in [0.1, 0.15) is 15.9 Å². The fraction of sp³-hybridized carbons (Fsp3) is 0.226. The number of amides is 1. The predicted molar refractivity (Wildman–Crippen MR) is 160 cm³/mol. The Balaban J connectivity index is 1.78. The van der Waals surface area contributed by atoms with Gasteiger partial charge in [0.05, 0.1) is 61.0 Å². The van der Waals surface area contributed by atoms with Gasteiger partial charge in [-0.15, -0.1) is 0 Å². The van der Waals surface area contributed by atoms with Crippen molar-refractivity contribution in [2.45, 2.75) is 0 Å². The Labute approximate surface area is 244 Å². The van der Waals surface area contributed by atoms with Crippen molar-refractivity contribution in [3.63, 3.8) is 0 Å². The molecule has 0 heterocycles. The third kappa shape index (κ3) is 7.45. The van der Waals surface area contributed by atoms with Crippen LogP contribution in [0.2, 0.25) is 0 Å². The van der Waals surface area contributed by atoms with Crippen molar-refractivity contribution in [3.8, 4) is 40.2 Å². The van der Waals surface area contributed by atoms with Gasteiger partial charge in [0.1, 0.15) is 45.8 Å². The van der Waals surface area contributed by atoms with Gasteiger partial charge in [0.15, 0.2) is 5.78 Å². The average Bonchev–Trinajstić information content (AvgIpc) is 3.02. The van der Waals surface area contributed by atoms with Crippen molar-refractivity contribution in [1.82, 2.24) is 0 Å². The molecule has 0 atom stereocenters. The summed E-state index contributed by atoms with van der Waals surface area (Å²) >= 11 is 0. The number of hydrogen-bond donors (Lipinski definition) is 2. The molecular weight excluding hydrogens is 544 g/mol. The second kappa shape index (κ2) is 14.9. The number of anilines is 2. The lowest BCUT2D eigenvalue weighted by Gasteiger charge is -2.13. The van der Waals surface area contributed by atoms with Gasteiger partial charge in [0, 0.05) is 48.3 Å². The number of allylic oxidation sites excluding steroid dienone is 1. The summed E-state index contributed by atoms with van der Waals surface area (Å²) < 4.78 is 37.5. The minimum atomic E-state index is -0.393. The lowest BCUT2D eigenvalue weighted by atomic mass is 10.1. The fourth-order valence-electron chi connectivity index (χ4n) is 3.98. The van der Waals surface area contributed by atoms with E-state index in [2.05, 4.69) is 10.6 Å². The average molecular weight is 579 g/mol. The molecule has 1 amide bonds. The maximum absolute atomic E-state index is 13.0. The van der Waals surface area contributed by atoms with Gasteiger partial charge in [-0.2, -0.15) is 0 Å². The topological polar surface area (TPSA) is 123 Å². The highest BCUT2D eigenvalue weighted by molar-refractivity contribution is 6.09. The largest absolute Gasteiger partial charge is 0.496 e. The molecule has 42 heavy (non-hydrogen) atoms. The van der Waals surface area contributed by atoms with Gasteiger partial charge in [-0.25, -0.2) is 0 Å². The first-order valence-electron chi connectivity index (χ1n) is 12.6. The van der Waals surface area contributed by atoms with E-state index in [4.69, 9.17) is 33.2 Å². The normalized spacial score (nSPS) is 10.7. The molecule has 222 valence electrons. The molecule has 0 aromatic heterocycles. The van der Waals surface area contributed by atoms with Gasteiger partial charge in [-0.1, -0.05) is 0 Å². The highest BCUT2D eigenvalue weighted by Crippen LogP contribution is 2.36. The molecule has 0 aliphatic carbocycles. The van der Waals surface area contributed by atoms with E-state index < -0.39 is 5.91 Å². The van der Waals surface area contributed by atoms with Crippen LogP contribution < -0.4 is 43.8 Å². The lowest BCUT2D eigenvalue weighted by molar-refractivity contribution is -0.111. The zero-order valence-electron chi connectivity index (χ0n) is 24.5. The number of rotatable bonds is 14. The number of ketones is 1. The lowest BCUT2D eigenvalue weighted by Crippen LogP contribution is -2.08. The van der Waals surface area contributed by atoms with Gasteiger partial charge in [0.25, 0.3) is 0 Å².